The lowest BCUT2D eigenvalue weighted by molar-refractivity contribution is -0.142. The molecular weight excluding hydrogens is 537 g/mol. The molecule has 1 saturated carbocycles. The maximum absolute atomic E-state index is 15.4. The third-order valence-electron chi connectivity index (χ3n) is 9.51. The minimum Gasteiger partial charge on any atom is -0.486 e. The first-order chi connectivity index (χ1) is 20.8. The number of hydrogen-bond acceptors (Lipinski definition) is 2. The van der Waals surface area contributed by atoms with E-state index < -0.39 is 11.9 Å². The summed E-state index contributed by atoms with van der Waals surface area (Å²) >= 11 is 0. The zero-order chi connectivity index (χ0) is 29.8. The normalized spacial score (nSPS) is 17.5. The molecule has 5 aromatic rings. The number of hydrogen-bond donors (Lipinski definition) is 1. The number of ether oxygens (including phenoxy) is 1. The highest BCUT2D eigenvalue weighted by molar-refractivity contribution is 6.00. The highest BCUT2D eigenvalue weighted by Crippen LogP contribution is 2.49. The molecule has 0 radical (unpaired) electrons. The quantitative estimate of drug-likeness (QED) is 0.201. The number of nitrogens with zero attached hydrogens (tertiary/aromatic N) is 1. The Hall–Kier alpha value is -4.38. The number of para-hydroxylation sites is 1. The zero-order valence-corrected chi connectivity index (χ0v) is 24.8. The van der Waals surface area contributed by atoms with Crippen molar-refractivity contribution in [3.05, 3.63) is 113 Å². The third kappa shape index (κ3) is 4.91. The molecule has 0 saturated heterocycles. The van der Waals surface area contributed by atoms with E-state index in [-0.39, 0.29) is 17.8 Å². The molecule has 1 fully saturated rings. The van der Waals surface area contributed by atoms with Crippen molar-refractivity contribution >= 4 is 16.9 Å². The van der Waals surface area contributed by atoms with E-state index >= 15 is 4.39 Å². The van der Waals surface area contributed by atoms with Gasteiger partial charge in [-0.25, -0.2) is 4.39 Å². The van der Waals surface area contributed by atoms with Gasteiger partial charge in [-0.05, 0) is 103 Å². The first-order valence-electron chi connectivity index (χ1n) is 15.3. The second-order valence-corrected chi connectivity index (χ2v) is 12.4. The molecule has 2 aliphatic carbocycles. The van der Waals surface area contributed by atoms with Gasteiger partial charge in [0.2, 0.25) is 0 Å². The van der Waals surface area contributed by atoms with Crippen LogP contribution in [0.5, 0.6) is 5.75 Å². The fourth-order valence-electron chi connectivity index (χ4n) is 7.26. The average molecular weight is 574 g/mol. The van der Waals surface area contributed by atoms with Crippen molar-refractivity contribution in [3.8, 4) is 28.0 Å². The van der Waals surface area contributed by atoms with Crippen molar-refractivity contribution in [2.24, 2.45) is 18.9 Å². The van der Waals surface area contributed by atoms with Gasteiger partial charge in [0.25, 0.3) is 0 Å². The summed E-state index contributed by atoms with van der Waals surface area (Å²) in [5.41, 5.74) is 9.17. The second-order valence-electron chi connectivity index (χ2n) is 12.4. The summed E-state index contributed by atoms with van der Waals surface area (Å²) in [6.45, 7) is 3.81. The van der Waals surface area contributed by atoms with Gasteiger partial charge in [0.15, 0.2) is 0 Å². The highest BCUT2D eigenvalue weighted by atomic mass is 19.1. The van der Waals surface area contributed by atoms with Gasteiger partial charge in [-0.15, -0.1) is 0 Å². The topological polar surface area (TPSA) is 51.5 Å². The van der Waals surface area contributed by atoms with Crippen LogP contribution in [0.3, 0.4) is 0 Å². The SMILES string of the molecule is Cc1ccc(F)c(-c2ccc3c(c2-c2cccc4ccn(C)c24)CC[C@H]3Oc2cccc([C@H](C3CC3)[C@H](C)C(=O)O)c2)c1. The molecule has 7 rings (SSSR count). The van der Waals surface area contributed by atoms with E-state index in [9.17, 15) is 9.90 Å². The van der Waals surface area contributed by atoms with Gasteiger partial charge < -0.3 is 14.4 Å². The van der Waals surface area contributed by atoms with E-state index in [0.29, 0.717) is 11.5 Å². The summed E-state index contributed by atoms with van der Waals surface area (Å²) in [5, 5.41) is 10.9. The molecule has 0 spiro atoms. The van der Waals surface area contributed by atoms with Gasteiger partial charge in [0.05, 0.1) is 11.4 Å². The molecule has 0 bridgehead atoms. The largest absolute Gasteiger partial charge is 0.486 e. The Kier molecular flexibility index (Phi) is 6.84. The fourth-order valence-corrected chi connectivity index (χ4v) is 7.26. The molecule has 0 aliphatic heterocycles. The van der Waals surface area contributed by atoms with Crippen LogP contribution in [0, 0.1) is 24.6 Å². The Labute approximate surface area is 251 Å². The maximum atomic E-state index is 15.4. The van der Waals surface area contributed by atoms with E-state index in [1.54, 1.807) is 6.07 Å². The van der Waals surface area contributed by atoms with Gasteiger partial charge >= 0.3 is 5.97 Å². The van der Waals surface area contributed by atoms with Gasteiger partial charge in [-0.2, -0.15) is 0 Å². The van der Waals surface area contributed by atoms with E-state index in [1.807, 2.05) is 50.2 Å². The van der Waals surface area contributed by atoms with Crippen molar-refractivity contribution in [1.82, 2.24) is 4.57 Å². The molecule has 43 heavy (non-hydrogen) atoms. The Morgan fingerprint density at radius 2 is 1.77 bits per heavy atom. The predicted molar refractivity (Wildman–Crippen MR) is 169 cm³/mol. The van der Waals surface area contributed by atoms with Crippen LogP contribution in [-0.4, -0.2) is 15.6 Å². The number of aromatic nitrogens is 1. The number of rotatable bonds is 8. The van der Waals surface area contributed by atoms with Gasteiger partial charge in [-0.1, -0.05) is 61.0 Å². The lowest BCUT2D eigenvalue weighted by Gasteiger charge is -2.23. The highest BCUT2D eigenvalue weighted by Gasteiger charge is 2.39. The monoisotopic (exact) mass is 573 g/mol. The molecule has 0 amide bonds. The molecule has 2 aliphatic rings. The Morgan fingerprint density at radius 1 is 0.953 bits per heavy atom. The molecule has 5 heteroatoms. The summed E-state index contributed by atoms with van der Waals surface area (Å²) < 4.78 is 24.2. The van der Waals surface area contributed by atoms with Gasteiger partial charge in [0, 0.05) is 29.8 Å². The van der Waals surface area contributed by atoms with E-state index in [2.05, 4.69) is 54.2 Å². The van der Waals surface area contributed by atoms with Crippen LogP contribution in [0.2, 0.25) is 0 Å². The molecule has 1 aromatic heterocycles. The van der Waals surface area contributed by atoms with E-state index in [1.165, 1.54) is 5.56 Å². The van der Waals surface area contributed by atoms with Crippen molar-refractivity contribution in [1.29, 1.82) is 0 Å². The number of carbonyl (C=O) groups is 1. The van der Waals surface area contributed by atoms with Gasteiger partial charge in [0.1, 0.15) is 17.7 Å². The lowest BCUT2D eigenvalue weighted by Crippen LogP contribution is -2.20. The Balaban J connectivity index is 1.32. The molecule has 0 unspecified atom stereocenters. The number of fused-ring (bicyclic) bond motifs is 2. The third-order valence-corrected chi connectivity index (χ3v) is 9.51. The molecule has 3 atom stereocenters. The number of benzene rings is 4. The first kappa shape index (κ1) is 27.5. The molecule has 4 aromatic carbocycles. The molecule has 1 N–H and O–H groups in total. The van der Waals surface area contributed by atoms with Crippen molar-refractivity contribution in [3.63, 3.8) is 0 Å². The maximum Gasteiger partial charge on any atom is 0.306 e. The van der Waals surface area contributed by atoms with Gasteiger partial charge in [-0.3, -0.25) is 4.79 Å². The van der Waals surface area contributed by atoms with Crippen LogP contribution in [0.4, 0.5) is 4.39 Å². The minimum atomic E-state index is -0.755. The summed E-state index contributed by atoms with van der Waals surface area (Å²) in [4.78, 5) is 11.9. The van der Waals surface area contributed by atoms with Crippen LogP contribution < -0.4 is 4.74 Å². The Morgan fingerprint density at radius 3 is 2.56 bits per heavy atom. The van der Waals surface area contributed by atoms with Crippen molar-refractivity contribution in [2.75, 3.05) is 0 Å². The van der Waals surface area contributed by atoms with Crippen LogP contribution >= 0.6 is 0 Å². The van der Waals surface area contributed by atoms with E-state index in [4.69, 9.17) is 4.74 Å². The number of aliphatic carboxylic acids is 1. The lowest BCUT2D eigenvalue weighted by atomic mass is 9.83. The molecule has 4 nitrogen and oxygen atoms in total. The van der Waals surface area contributed by atoms with E-state index in [0.717, 1.165) is 75.7 Å². The average Bonchev–Trinajstić information content (AvgIpc) is 3.64. The predicted octanol–water partition coefficient (Wildman–Crippen LogP) is 9.24. The second kappa shape index (κ2) is 10.7. The standard InChI is InChI=1S/C38H36FNO3/c1-22-10-16-33(39)32(20-22)30-14-13-28-29(36(30)31-9-5-6-25-18-19-40(3)37(25)31)15-17-34(28)43-27-8-4-7-26(21-27)35(24-11-12-24)23(2)38(41)42/h4-10,13-14,16,18-21,23-24,34-35H,11-12,15,17H2,1-3H3,(H,41,42)/t23-,34+,35-/m0/s1. The zero-order valence-electron chi connectivity index (χ0n) is 24.8. The minimum absolute atomic E-state index is 0.0129. The molecule has 218 valence electrons. The molecule has 1 heterocycles. The summed E-state index contributed by atoms with van der Waals surface area (Å²) in [7, 11) is 2.06. The summed E-state index contributed by atoms with van der Waals surface area (Å²) in [6, 6.07) is 26.0. The van der Waals surface area contributed by atoms with Crippen LogP contribution in [0.15, 0.2) is 85.1 Å². The smallest absolute Gasteiger partial charge is 0.306 e. The summed E-state index contributed by atoms with van der Waals surface area (Å²) in [6.07, 6.45) is 5.70. The summed E-state index contributed by atoms with van der Waals surface area (Å²) in [5.74, 6) is -0.265. The van der Waals surface area contributed by atoms with Crippen LogP contribution in [0.1, 0.15) is 60.5 Å². The number of halogens is 1. The fraction of sp³-hybridized carbons (Fsp3) is 0.289. The number of carboxylic acid groups (broad SMARTS) is 1. The van der Waals surface area contributed by atoms with Crippen molar-refractivity contribution < 1.29 is 19.0 Å². The number of carboxylic acids is 1. The number of aryl methyl sites for hydroxylation is 2. The van der Waals surface area contributed by atoms with Crippen molar-refractivity contribution in [2.45, 2.75) is 51.6 Å². The van der Waals surface area contributed by atoms with Crippen LogP contribution in [0.25, 0.3) is 33.2 Å². The Bertz CT molecular complexity index is 1870. The molecular formula is C38H36FNO3. The van der Waals surface area contributed by atoms with Crippen LogP contribution in [-0.2, 0) is 18.3 Å². The first-order valence-corrected chi connectivity index (χ1v) is 15.3.